The molecule has 0 bridgehead atoms. The molecule has 2 aliphatic carbocycles. The minimum absolute atomic E-state index is 0. The number of rotatable bonds is 0. The Bertz CT molecular complexity index is 484. The van der Waals surface area contributed by atoms with Crippen molar-refractivity contribution in [3.05, 3.63) is 45.6 Å². The SMILES string of the molecule is CC1=[C-]C(C)(C)C(C)=C1C.CC1=[C-]C(C)(C)C(C)=C1C.[Nb+2]. The Morgan fingerprint density at radius 1 is 0.571 bits per heavy atom. The van der Waals surface area contributed by atoms with Gasteiger partial charge in [-0.05, 0) is 0 Å². The quantitative estimate of drug-likeness (QED) is 0.354. The van der Waals surface area contributed by atoms with E-state index < -0.39 is 0 Å². The van der Waals surface area contributed by atoms with E-state index in [4.69, 9.17) is 0 Å². The smallest absolute Gasteiger partial charge is 0.263 e. The van der Waals surface area contributed by atoms with E-state index in [0.717, 1.165) is 0 Å². The molecule has 0 N–H and O–H groups in total. The van der Waals surface area contributed by atoms with Crippen LogP contribution in [0.1, 0.15) is 69.2 Å². The molecule has 0 nitrogen and oxygen atoms in total. The molecule has 0 heterocycles. The molecular formula is C20H30Nb. The van der Waals surface area contributed by atoms with E-state index >= 15 is 0 Å². The first-order valence-electron chi connectivity index (χ1n) is 7.50. The van der Waals surface area contributed by atoms with E-state index in [-0.39, 0.29) is 33.2 Å². The Morgan fingerprint density at radius 3 is 0.857 bits per heavy atom. The van der Waals surface area contributed by atoms with Crippen molar-refractivity contribution < 1.29 is 22.4 Å². The van der Waals surface area contributed by atoms with Crippen molar-refractivity contribution in [2.75, 3.05) is 0 Å². The van der Waals surface area contributed by atoms with E-state index in [1.807, 2.05) is 0 Å². The van der Waals surface area contributed by atoms with Crippen molar-refractivity contribution in [2.45, 2.75) is 69.2 Å². The summed E-state index contributed by atoms with van der Waals surface area (Å²) in [7, 11) is 0. The van der Waals surface area contributed by atoms with Gasteiger partial charge in [-0.3, -0.25) is 12.2 Å². The van der Waals surface area contributed by atoms with Gasteiger partial charge in [0.2, 0.25) is 0 Å². The van der Waals surface area contributed by atoms with Gasteiger partial charge in [-0.15, -0.1) is 13.8 Å². The van der Waals surface area contributed by atoms with E-state index in [0.29, 0.717) is 0 Å². The van der Waals surface area contributed by atoms with Crippen molar-refractivity contribution in [2.24, 2.45) is 10.8 Å². The standard InChI is InChI=1S/2C10H15.Nb/c2*1-7-6-10(4,5)9(3)8(7)2;/h2*1-5H3;/q2*-1;+2. The van der Waals surface area contributed by atoms with Gasteiger partial charge in [0.1, 0.15) is 0 Å². The van der Waals surface area contributed by atoms with Gasteiger partial charge in [0.15, 0.2) is 0 Å². The van der Waals surface area contributed by atoms with Gasteiger partial charge in [-0.2, -0.15) is 22.3 Å². The molecule has 0 fully saturated rings. The molecule has 2 rings (SSSR count). The van der Waals surface area contributed by atoms with Crippen LogP contribution in [0, 0.1) is 23.0 Å². The van der Waals surface area contributed by atoms with Crippen LogP contribution in [-0.4, -0.2) is 0 Å². The second-order valence-corrected chi connectivity index (χ2v) is 7.25. The van der Waals surface area contributed by atoms with E-state index in [2.05, 4.69) is 81.4 Å². The molecule has 1 radical (unpaired) electrons. The summed E-state index contributed by atoms with van der Waals surface area (Å²) in [6.45, 7) is 21.8. The third-order valence-corrected chi connectivity index (χ3v) is 5.12. The Kier molecular flexibility index (Phi) is 6.76. The Labute approximate surface area is 148 Å². The number of hydrogen-bond donors (Lipinski definition) is 0. The fourth-order valence-electron chi connectivity index (χ4n) is 2.81. The van der Waals surface area contributed by atoms with Crippen LogP contribution in [-0.2, 0) is 22.4 Å². The zero-order chi connectivity index (χ0) is 15.9. The average molecular weight is 363 g/mol. The molecule has 0 aromatic heterocycles. The molecule has 0 saturated heterocycles. The molecule has 0 saturated carbocycles. The summed E-state index contributed by atoms with van der Waals surface area (Å²) in [6, 6.07) is 0. The van der Waals surface area contributed by atoms with Gasteiger partial charge in [-0.25, -0.2) is 11.1 Å². The normalized spacial score (nSPS) is 22.4. The van der Waals surface area contributed by atoms with Gasteiger partial charge in [0.05, 0.1) is 0 Å². The molecule has 0 aromatic carbocycles. The van der Waals surface area contributed by atoms with Crippen molar-refractivity contribution in [3.8, 4) is 0 Å². The summed E-state index contributed by atoms with van der Waals surface area (Å²) in [4.78, 5) is 0. The van der Waals surface area contributed by atoms with E-state index in [1.54, 1.807) is 0 Å². The van der Waals surface area contributed by atoms with Crippen LogP contribution in [0.5, 0.6) is 0 Å². The van der Waals surface area contributed by atoms with Crippen molar-refractivity contribution in [1.82, 2.24) is 0 Å². The average Bonchev–Trinajstić information content (AvgIpc) is 2.60. The topological polar surface area (TPSA) is 0 Å². The molecular weight excluding hydrogens is 333 g/mol. The maximum atomic E-state index is 3.44. The molecule has 0 aliphatic heterocycles. The first kappa shape index (κ1) is 20.7. The van der Waals surface area contributed by atoms with Gasteiger partial charge < -0.3 is 0 Å². The summed E-state index contributed by atoms with van der Waals surface area (Å²) in [5, 5.41) is 0. The minimum Gasteiger partial charge on any atom is -0.263 e. The van der Waals surface area contributed by atoms with Crippen molar-refractivity contribution in [1.29, 1.82) is 0 Å². The Morgan fingerprint density at radius 2 is 0.810 bits per heavy atom. The molecule has 1 heteroatoms. The Hall–Kier alpha value is -0.300. The van der Waals surface area contributed by atoms with Gasteiger partial charge >= 0.3 is 22.4 Å². The monoisotopic (exact) mass is 363 g/mol. The van der Waals surface area contributed by atoms with E-state index in [1.165, 1.54) is 33.4 Å². The zero-order valence-electron chi connectivity index (χ0n) is 15.4. The predicted octanol–water partition coefficient (Wildman–Crippen LogP) is 6.22. The molecule has 0 atom stereocenters. The minimum atomic E-state index is 0. The molecule has 115 valence electrons. The second kappa shape index (κ2) is 6.86. The molecule has 0 amide bonds. The first-order chi connectivity index (χ1) is 8.90. The largest absolute Gasteiger partial charge is 2.00 e. The summed E-state index contributed by atoms with van der Waals surface area (Å²) < 4.78 is 0. The third-order valence-electron chi connectivity index (χ3n) is 5.12. The molecule has 21 heavy (non-hydrogen) atoms. The number of hydrogen-bond acceptors (Lipinski definition) is 0. The maximum absolute atomic E-state index is 3.44. The van der Waals surface area contributed by atoms with Gasteiger partial charge in [0, 0.05) is 0 Å². The summed E-state index contributed by atoms with van der Waals surface area (Å²) in [5.41, 5.74) is 8.79. The first-order valence-corrected chi connectivity index (χ1v) is 7.50. The van der Waals surface area contributed by atoms with Crippen LogP contribution in [0.2, 0.25) is 0 Å². The third kappa shape index (κ3) is 4.34. The molecule has 2 aliphatic rings. The zero-order valence-corrected chi connectivity index (χ0v) is 17.6. The van der Waals surface area contributed by atoms with Crippen LogP contribution in [0.25, 0.3) is 0 Å². The Balaban J connectivity index is 0.000000364. The predicted molar refractivity (Wildman–Crippen MR) is 89.2 cm³/mol. The van der Waals surface area contributed by atoms with Crippen molar-refractivity contribution >= 4 is 0 Å². The molecule has 0 spiro atoms. The van der Waals surface area contributed by atoms with Crippen LogP contribution < -0.4 is 0 Å². The molecule has 0 unspecified atom stereocenters. The summed E-state index contributed by atoms with van der Waals surface area (Å²) in [6.07, 6.45) is 6.87. The van der Waals surface area contributed by atoms with E-state index in [9.17, 15) is 0 Å². The van der Waals surface area contributed by atoms with Crippen LogP contribution in [0.3, 0.4) is 0 Å². The van der Waals surface area contributed by atoms with Crippen LogP contribution in [0.15, 0.2) is 33.4 Å². The van der Waals surface area contributed by atoms with Gasteiger partial charge in [-0.1, -0.05) is 66.2 Å². The fourth-order valence-corrected chi connectivity index (χ4v) is 2.81. The number of allylic oxidation sites excluding steroid dienone is 8. The summed E-state index contributed by atoms with van der Waals surface area (Å²) in [5.74, 6) is 0. The second-order valence-electron chi connectivity index (χ2n) is 7.25. The molecule has 0 aromatic rings. The maximum Gasteiger partial charge on any atom is 2.00 e. The van der Waals surface area contributed by atoms with Crippen LogP contribution in [0.4, 0.5) is 0 Å². The van der Waals surface area contributed by atoms with Crippen LogP contribution >= 0.6 is 0 Å². The fraction of sp³-hybridized carbons (Fsp3) is 0.600. The summed E-state index contributed by atoms with van der Waals surface area (Å²) >= 11 is 0. The van der Waals surface area contributed by atoms with Crippen molar-refractivity contribution in [3.63, 3.8) is 0 Å². The van der Waals surface area contributed by atoms with Gasteiger partial charge in [0.25, 0.3) is 0 Å².